The molecule has 0 aliphatic carbocycles. The summed E-state index contributed by atoms with van der Waals surface area (Å²) in [5, 5.41) is 6.94. The average Bonchev–Trinajstić information content (AvgIpc) is 2.41. The van der Waals surface area contributed by atoms with Crippen LogP contribution in [0.2, 0.25) is 0 Å². The van der Waals surface area contributed by atoms with Crippen molar-refractivity contribution in [2.75, 3.05) is 39.4 Å². The molecule has 0 atom stereocenters. The van der Waals surface area contributed by atoms with Crippen molar-refractivity contribution < 1.29 is 0 Å². The Morgan fingerprint density at radius 1 is 1.28 bits per heavy atom. The fourth-order valence-corrected chi connectivity index (χ4v) is 2.30. The summed E-state index contributed by atoms with van der Waals surface area (Å²) in [5.74, 6) is 0. The van der Waals surface area contributed by atoms with Gasteiger partial charge < -0.3 is 10.6 Å². The number of pyridine rings is 1. The first-order valence-electron chi connectivity index (χ1n) is 6.73. The summed E-state index contributed by atoms with van der Waals surface area (Å²) < 4.78 is 0. The lowest BCUT2D eigenvalue weighted by Crippen LogP contribution is -2.48. The second-order valence-electron chi connectivity index (χ2n) is 5.57. The van der Waals surface area contributed by atoms with E-state index in [2.05, 4.69) is 46.5 Å². The molecule has 100 valence electrons. The van der Waals surface area contributed by atoms with Crippen LogP contribution in [-0.2, 0) is 5.41 Å². The van der Waals surface area contributed by atoms with Crippen molar-refractivity contribution in [2.24, 2.45) is 0 Å². The van der Waals surface area contributed by atoms with Gasteiger partial charge in [-0.05, 0) is 17.7 Å². The van der Waals surface area contributed by atoms with Crippen LogP contribution in [0.1, 0.15) is 19.4 Å². The van der Waals surface area contributed by atoms with Gasteiger partial charge in [0.15, 0.2) is 0 Å². The van der Waals surface area contributed by atoms with E-state index >= 15 is 0 Å². The van der Waals surface area contributed by atoms with Crippen LogP contribution in [0.3, 0.4) is 0 Å². The Hall–Kier alpha value is -0.970. The molecule has 0 amide bonds. The van der Waals surface area contributed by atoms with Gasteiger partial charge in [-0.1, -0.05) is 13.8 Å². The van der Waals surface area contributed by atoms with E-state index < -0.39 is 0 Å². The zero-order valence-corrected chi connectivity index (χ0v) is 11.4. The zero-order chi connectivity index (χ0) is 12.8. The van der Waals surface area contributed by atoms with Crippen molar-refractivity contribution >= 4 is 0 Å². The molecule has 1 aliphatic heterocycles. The predicted octanol–water partition coefficient (Wildman–Crippen LogP) is 0.812. The molecule has 0 aromatic carbocycles. The van der Waals surface area contributed by atoms with Gasteiger partial charge in [-0.15, -0.1) is 0 Å². The second-order valence-corrected chi connectivity index (χ2v) is 5.57. The minimum absolute atomic E-state index is 0.150. The maximum atomic E-state index is 4.08. The van der Waals surface area contributed by atoms with Crippen LogP contribution in [0.25, 0.3) is 0 Å². The summed E-state index contributed by atoms with van der Waals surface area (Å²) in [6, 6.07) is 4.21. The second kappa shape index (κ2) is 6.27. The molecule has 1 aromatic heterocycles. The Morgan fingerprint density at radius 3 is 2.61 bits per heavy atom. The Morgan fingerprint density at radius 2 is 1.94 bits per heavy atom. The molecule has 2 N–H and O–H groups in total. The molecule has 18 heavy (non-hydrogen) atoms. The first-order chi connectivity index (χ1) is 8.68. The summed E-state index contributed by atoms with van der Waals surface area (Å²) in [4.78, 5) is 6.53. The molecule has 4 nitrogen and oxygen atoms in total. The van der Waals surface area contributed by atoms with E-state index in [9.17, 15) is 0 Å². The van der Waals surface area contributed by atoms with E-state index in [1.54, 1.807) is 0 Å². The molecule has 0 spiro atoms. The fraction of sp³-hybridized carbons (Fsp3) is 0.643. The van der Waals surface area contributed by atoms with Gasteiger partial charge in [0.25, 0.3) is 0 Å². The van der Waals surface area contributed by atoms with Gasteiger partial charge in [-0.25, -0.2) is 0 Å². The van der Waals surface area contributed by atoms with E-state index in [0.717, 1.165) is 39.4 Å². The topological polar surface area (TPSA) is 40.2 Å². The van der Waals surface area contributed by atoms with E-state index in [1.165, 1.54) is 5.56 Å². The van der Waals surface area contributed by atoms with Gasteiger partial charge >= 0.3 is 0 Å². The van der Waals surface area contributed by atoms with Crippen LogP contribution in [0.15, 0.2) is 24.5 Å². The molecule has 1 aliphatic rings. The van der Waals surface area contributed by atoms with Gasteiger partial charge in [-0.2, -0.15) is 0 Å². The molecule has 0 radical (unpaired) electrons. The van der Waals surface area contributed by atoms with Crippen molar-refractivity contribution in [2.45, 2.75) is 19.3 Å². The molecule has 2 rings (SSSR count). The Labute approximate surface area is 110 Å². The quantitative estimate of drug-likeness (QED) is 0.809. The Bertz CT molecular complexity index is 344. The van der Waals surface area contributed by atoms with Crippen molar-refractivity contribution in [1.82, 2.24) is 20.5 Å². The lowest BCUT2D eigenvalue weighted by Gasteiger charge is -2.30. The zero-order valence-electron chi connectivity index (χ0n) is 11.4. The molecule has 4 heteroatoms. The number of nitrogens with one attached hydrogen (secondary N) is 2. The van der Waals surface area contributed by atoms with Crippen molar-refractivity contribution in [1.29, 1.82) is 0 Å². The molecular weight excluding hydrogens is 224 g/mol. The third-order valence-corrected chi connectivity index (χ3v) is 3.57. The minimum atomic E-state index is 0.150. The van der Waals surface area contributed by atoms with Gasteiger partial charge in [-0.3, -0.25) is 9.88 Å². The predicted molar refractivity (Wildman–Crippen MR) is 74.6 cm³/mol. The Kier molecular flexibility index (Phi) is 4.69. The van der Waals surface area contributed by atoms with Crippen LogP contribution in [0.5, 0.6) is 0 Å². The van der Waals surface area contributed by atoms with Crippen molar-refractivity contribution in [3.8, 4) is 0 Å². The highest BCUT2D eigenvalue weighted by Crippen LogP contribution is 2.20. The van der Waals surface area contributed by atoms with E-state index in [4.69, 9.17) is 0 Å². The normalized spacial score (nSPS) is 17.9. The number of nitrogens with zero attached hydrogens (tertiary/aromatic N) is 2. The molecule has 1 aromatic rings. The molecule has 0 saturated carbocycles. The van der Waals surface area contributed by atoms with Crippen LogP contribution in [-0.4, -0.2) is 49.3 Å². The number of rotatable bonds is 5. The number of hydrogen-bond acceptors (Lipinski definition) is 4. The van der Waals surface area contributed by atoms with Gasteiger partial charge in [0.05, 0.1) is 0 Å². The summed E-state index contributed by atoms with van der Waals surface area (Å²) in [7, 11) is 0. The highest BCUT2D eigenvalue weighted by molar-refractivity contribution is 5.20. The summed E-state index contributed by atoms with van der Waals surface area (Å²) in [5.41, 5.74) is 1.49. The smallest absolute Gasteiger partial charge is 0.0481 e. The van der Waals surface area contributed by atoms with Gasteiger partial charge in [0, 0.05) is 57.2 Å². The monoisotopic (exact) mass is 248 g/mol. The number of piperazine rings is 1. The van der Waals surface area contributed by atoms with Crippen molar-refractivity contribution in [3.63, 3.8) is 0 Å². The van der Waals surface area contributed by atoms with E-state index in [1.807, 2.05) is 12.4 Å². The SMILES string of the molecule is CC(C)(CNCN1CCNCC1)c1ccncc1. The molecule has 1 saturated heterocycles. The maximum absolute atomic E-state index is 4.08. The molecule has 2 heterocycles. The van der Waals surface area contributed by atoms with Crippen molar-refractivity contribution in [3.05, 3.63) is 30.1 Å². The molecule has 0 bridgehead atoms. The lowest BCUT2D eigenvalue weighted by atomic mass is 9.85. The van der Waals surface area contributed by atoms with E-state index in [-0.39, 0.29) is 5.41 Å². The molecule has 0 unspecified atom stereocenters. The summed E-state index contributed by atoms with van der Waals surface area (Å²) >= 11 is 0. The lowest BCUT2D eigenvalue weighted by molar-refractivity contribution is 0.218. The third-order valence-electron chi connectivity index (χ3n) is 3.57. The molecular formula is C14H24N4. The highest BCUT2D eigenvalue weighted by atomic mass is 15.3. The average molecular weight is 248 g/mol. The van der Waals surface area contributed by atoms with Crippen LogP contribution >= 0.6 is 0 Å². The summed E-state index contributed by atoms with van der Waals surface area (Å²) in [6.07, 6.45) is 3.74. The van der Waals surface area contributed by atoms with Gasteiger partial charge in [0.2, 0.25) is 0 Å². The number of aromatic nitrogens is 1. The van der Waals surface area contributed by atoms with Gasteiger partial charge in [0.1, 0.15) is 0 Å². The molecule has 1 fully saturated rings. The number of hydrogen-bond donors (Lipinski definition) is 2. The van der Waals surface area contributed by atoms with Crippen LogP contribution in [0, 0.1) is 0 Å². The van der Waals surface area contributed by atoms with E-state index in [0.29, 0.717) is 0 Å². The standard InChI is InChI=1S/C14H24N4/c1-14(2,13-3-5-15-6-4-13)11-17-12-18-9-7-16-8-10-18/h3-6,16-17H,7-12H2,1-2H3. The highest BCUT2D eigenvalue weighted by Gasteiger charge is 2.20. The van der Waals surface area contributed by atoms with Crippen LogP contribution in [0.4, 0.5) is 0 Å². The first kappa shape index (κ1) is 13.5. The Balaban J connectivity index is 1.78. The maximum Gasteiger partial charge on any atom is 0.0481 e. The third kappa shape index (κ3) is 3.77. The fourth-order valence-electron chi connectivity index (χ4n) is 2.30. The van der Waals surface area contributed by atoms with Crippen LogP contribution < -0.4 is 10.6 Å². The first-order valence-corrected chi connectivity index (χ1v) is 6.73. The largest absolute Gasteiger partial charge is 0.314 e. The minimum Gasteiger partial charge on any atom is -0.314 e. The summed E-state index contributed by atoms with van der Waals surface area (Å²) in [6.45, 7) is 11.0.